The van der Waals surface area contributed by atoms with Crippen molar-refractivity contribution in [2.45, 2.75) is 26.7 Å². The van der Waals surface area contributed by atoms with Crippen LogP contribution in [-0.2, 0) is 0 Å². The van der Waals surface area contributed by atoms with Crippen LogP contribution in [0.3, 0.4) is 0 Å². The third kappa shape index (κ3) is 3.43. The smallest absolute Gasteiger partial charge is 0.258 e. The minimum Gasteiger partial charge on any atom is -0.508 e. The zero-order valence-electron chi connectivity index (χ0n) is 12.7. The van der Waals surface area contributed by atoms with Crippen LogP contribution in [0.2, 0.25) is 0 Å². The first-order valence-corrected chi connectivity index (χ1v) is 7.23. The van der Waals surface area contributed by atoms with Crippen molar-refractivity contribution < 1.29 is 9.90 Å². The predicted octanol–water partition coefficient (Wildman–Crippen LogP) is 4.18. The molecule has 0 unspecified atom stereocenters. The topological polar surface area (TPSA) is 40.5 Å². The van der Waals surface area contributed by atoms with Crippen LogP contribution in [0, 0.1) is 0 Å². The highest BCUT2D eigenvalue weighted by atomic mass is 16.3. The van der Waals surface area contributed by atoms with Gasteiger partial charge in [0.05, 0.1) is 0 Å². The lowest BCUT2D eigenvalue weighted by Gasteiger charge is -2.21. The second-order valence-corrected chi connectivity index (χ2v) is 5.35. The van der Waals surface area contributed by atoms with E-state index in [-0.39, 0.29) is 11.7 Å². The van der Waals surface area contributed by atoms with E-state index in [1.165, 1.54) is 5.56 Å². The highest BCUT2D eigenvalue weighted by Crippen LogP contribution is 2.22. The first-order chi connectivity index (χ1) is 10.0. The second kappa shape index (κ2) is 6.44. The molecule has 0 radical (unpaired) electrons. The van der Waals surface area contributed by atoms with Gasteiger partial charge >= 0.3 is 0 Å². The summed E-state index contributed by atoms with van der Waals surface area (Å²) < 4.78 is 0. The lowest BCUT2D eigenvalue weighted by Crippen LogP contribution is -2.30. The van der Waals surface area contributed by atoms with Crippen LogP contribution >= 0.6 is 0 Å². The molecule has 0 aliphatic carbocycles. The van der Waals surface area contributed by atoms with Gasteiger partial charge in [-0.1, -0.05) is 32.0 Å². The monoisotopic (exact) mass is 283 g/mol. The van der Waals surface area contributed by atoms with Crippen LogP contribution in [0.25, 0.3) is 0 Å². The van der Waals surface area contributed by atoms with E-state index in [0.717, 1.165) is 0 Å². The molecule has 0 saturated carbocycles. The van der Waals surface area contributed by atoms with Crippen molar-refractivity contribution in [1.82, 2.24) is 0 Å². The summed E-state index contributed by atoms with van der Waals surface area (Å²) in [5, 5.41) is 9.57. The largest absolute Gasteiger partial charge is 0.508 e. The molecular formula is C18H21NO2. The Labute approximate surface area is 125 Å². The van der Waals surface area contributed by atoms with Gasteiger partial charge in [-0.3, -0.25) is 4.79 Å². The fourth-order valence-electron chi connectivity index (χ4n) is 2.27. The number of phenols is 1. The molecule has 1 amide bonds. The van der Waals surface area contributed by atoms with Crippen molar-refractivity contribution in [2.24, 2.45) is 0 Å². The number of benzene rings is 2. The summed E-state index contributed by atoms with van der Waals surface area (Å²) >= 11 is 0. The fourth-order valence-corrected chi connectivity index (χ4v) is 2.27. The average Bonchev–Trinajstić information content (AvgIpc) is 2.48. The van der Waals surface area contributed by atoms with Crippen molar-refractivity contribution in [3.05, 3.63) is 59.7 Å². The summed E-state index contributed by atoms with van der Waals surface area (Å²) in [6.07, 6.45) is 0. The van der Waals surface area contributed by atoms with Gasteiger partial charge in [-0.2, -0.15) is 0 Å². The van der Waals surface area contributed by atoms with Gasteiger partial charge in [0.15, 0.2) is 0 Å². The first-order valence-electron chi connectivity index (χ1n) is 7.23. The van der Waals surface area contributed by atoms with E-state index in [0.29, 0.717) is 23.7 Å². The van der Waals surface area contributed by atoms with E-state index >= 15 is 0 Å². The van der Waals surface area contributed by atoms with E-state index < -0.39 is 0 Å². The molecule has 0 bridgehead atoms. The van der Waals surface area contributed by atoms with E-state index in [1.807, 2.05) is 37.3 Å². The quantitative estimate of drug-likeness (QED) is 0.914. The van der Waals surface area contributed by atoms with E-state index in [2.05, 4.69) is 13.8 Å². The van der Waals surface area contributed by atoms with Gasteiger partial charge in [-0.15, -0.1) is 0 Å². The van der Waals surface area contributed by atoms with Crippen LogP contribution in [0.1, 0.15) is 42.6 Å². The lowest BCUT2D eigenvalue weighted by molar-refractivity contribution is 0.0988. The van der Waals surface area contributed by atoms with Gasteiger partial charge in [0, 0.05) is 23.9 Å². The van der Waals surface area contributed by atoms with Gasteiger partial charge in [0.25, 0.3) is 5.91 Å². The molecule has 21 heavy (non-hydrogen) atoms. The van der Waals surface area contributed by atoms with Crippen molar-refractivity contribution in [1.29, 1.82) is 0 Å². The number of aromatic hydroxyl groups is 1. The van der Waals surface area contributed by atoms with E-state index in [4.69, 9.17) is 0 Å². The zero-order chi connectivity index (χ0) is 15.4. The third-order valence-corrected chi connectivity index (χ3v) is 3.53. The number of nitrogens with zero attached hydrogens (tertiary/aromatic N) is 1. The Kier molecular flexibility index (Phi) is 4.63. The summed E-state index contributed by atoms with van der Waals surface area (Å²) in [7, 11) is 0. The maximum Gasteiger partial charge on any atom is 0.258 e. The Bertz CT molecular complexity index is 617. The number of carbonyl (C=O) groups is 1. The summed E-state index contributed by atoms with van der Waals surface area (Å²) in [6, 6.07) is 14.5. The number of rotatable bonds is 4. The Balaban J connectivity index is 2.28. The normalized spacial score (nSPS) is 10.7. The minimum absolute atomic E-state index is 0.0570. The van der Waals surface area contributed by atoms with Gasteiger partial charge < -0.3 is 10.0 Å². The zero-order valence-corrected chi connectivity index (χ0v) is 12.7. The molecule has 2 aromatic carbocycles. The van der Waals surface area contributed by atoms with Crippen molar-refractivity contribution >= 4 is 11.6 Å². The number of carbonyl (C=O) groups excluding carboxylic acids is 1. The van der Waals surface area contributed by atoms with Crippen molar-refractivity contribution in [3.63, 3.8) is 0 Å². The van der Waals surface area contributed by atoms with Crippen LogP contribution in [0.15, 0.2) is 48.5 Å². The summed E-state index contributed by atoms with van der Waals surface area (Å²) in [6.45, 7) is 6.72. The molecule has 0 aromatic heterocycles. The average molecular weight is 283 g/mol. The summed E-state index contributed by atoms with van der Waals surface area (Å²) in [5.41, 5.74) is 2.58. The molecule has 0 atom stereocenters. The van der Waals surface area contributed by atoms with Gasteiger partial charge in [0.1, 0.15) is 5.75 Å². The first kappa shape index (κ1) is 15.1. The second-order valence-electron chi connectivity index (χ2n) is 5.35. The molecule has 0 heterocycles. The number of hydrogen-bond donors (Lipinski definition) is 1. The lowest BCUT2D eigenvalue weighted by atomic mass is 10.0. The molecule has 2 aromatic rings. The minimum atomic E-state index is -0.0570. The molecule has 110 valence electrons. The molecule has 0 saturated heterocycles. The number of anilines is 1. The SMILES string of the molecule is CCN(C(=O)c1ccc(C(C)C)cc1)c1cccc(O)c1. The Morgan fingerprint density at radius 3 is 2.33 bits per heavy atom. The Hall–Kier alpha value is -2.29. The molecule has 2 rings (SSSR count). The van der Waals surface area contributed by atoms with E-state index in [1.54, 1.807) is 23.1 Å². The molecule has 3 heteroatoms. The van der Waals surface area contributed by atoms with Crippen LogP contribution in [0.5, 0.6) is 5.75 Å². The maximum atomic E-state index is 12.6. The molecule has 0 fully saturated rings. The summed E-state index contributed by atoms with van der Waals surface area (Å²) in [5.74, 6) is 0.551. The summed E-state index contributed by atoms with van der Waals surface area (Å²) in [4.78, 5) is 14.3. The highest BCUT2D eigenvalue weighted by molar-refractivity contribution is 6.06. The third-order valence-electron chi connectivity index (χ3n) is 3.53. The standard InChI is InChI=1S/C18H21NO2/c1-4-19(16-6-5-7-17(20)12-16)18(21)15-10-8-14(9-11-15)13(2)3/h5-13,20H,4H2,1-3H3. The fraction of sp³-hybridized carbons (Fsp3) is 0.278. The van der Waals surface area contributed by atoms with E-state index in [9.17, 15) is 9.90 Å². The number of hydrogen-bond acceptors (Lipinski definition) is 2. The molecule has 0 aliphatic heterocycles. The Morgan fingerprint density at radius 2 is 1.81 bits per heavy atom. The number of phenolic OH excluding ortho intramolecular Hbond substituents is 1. The van der Waals surface area contributed by atoms with Crippen LogP contribution in [-0.4, -0.2) is 17.6 Å². The number of amides is 1. The molecular weight excluding hydrogens is 262 g/mol. The molecule has 1 N–H and O–H groups in total. The Morgan fingerprint density at radius 1 is 1.14 bits per heavy atom. The molecule has 0 aliphatic rings. The van der Waals surface area contributed by atoms with Crippen molar-refractivity contribution in [2.75, 3.05) is 11.4 Å². The molecule has 0 spiro atoms. The van der Waals surface area contributed by atoms with Crippen LogP contribution in [0.4, 0.5) is 5.69 Å². The predicted molar refractivity (Wildman–Crippen MR) is 86.0 cm³/mol. The van der Waals surface area contributed by atoms with Crippen molar-refractivity contribution in [3.8, 4) is 5.75 Å². The van der Waals surface area contributed by atoms with Gasteiger partial charge in [0.2, 0.25) is 0 Å². The van der Waals surface area contributed by atoms with Gasteiger partial charge in [-0.25, -0.2) is 0 Å². The van der Waals surface area contributed by atoms with Crippen LogP contribution < -0.4 is 4.90 Å². The molecule has 3 nitrogen and oxygen atoms in total. The highest BCUT2D eigenvalue weighted by Gasteiger charge is 2.16. The maximum absolute atomic E-state index is 12.6. The van der Waals surface area contributed by atoms with Gasteiger partial charge in [-0.05, 0) is 42.7 Å².